The Kier molecular flexibility index (Phi) is 2.76. The van der Waals surface area contributed by atoms with Gasteiger partial charge in [0.2, 0.25) is 5.82 Å². The highest BCUT2D eigenvalue weighted by Gasteiger charge is 2.10. The summed E-state index contributed by atoms with van der Waals surface area (Å²) in [7, 11) is 0. The normalized spacial score (nSPS) is 10.6. The van der Waals surface area contributed by atoms with E-state index in [-0.39, 0.29) is 5.75 Å². The van der Waals surface area contributed by atoms with Crippen molar-refractivity contribution in [1.29, 1.82) is 0 Å². The number of rotatable bonds is 2. The van der Waals surface area contributed by atoms with E-state index in [4.69, 9.17) is 4.52 Å². The van der Waals surface area contributed by atoms with E-state index in [1.165, 1.54) is 0 Å². The molecule has 0 saturated carbocycles. The molecule has 4 nitrogen and oxygen atoms in total. The Morgan fingerprint density at radius 1 is 1.00 bits per heavy atom. The number of aryl methyl sites for hydroxylation is 1. The number of aromatic nitrogens is 2. The highest BCUT2D eigenvalue weighted by Crippen LogP contribution is 2.23. The Bertz CT molecular complexity index is 702. The third-order valence-electron chi connectivity index (χ3n) is 2.82. The van der Waals surface area contributed by atoms with Gasteiger partial charge in [-0.15, -0.1) is 0 Å². The van der Waals surface area contributed by atoms with Gasteiger partial charge >= 0.3 is 0 Å². The molecular weight excluding hydrogens is 240 g/mol. The third kappa shape index (κ3) is 2.33. The maximum atomic E-state index is 9.25. The van der Waals surface area contributed by atoms with Crippen molar-refractivity contribution in [2.75, 3.05) is 0 Å². The van der Waals surface area contributed by atoms with Crippen LogP contribution in [-0.2, 0) is 0 Å². The Hall–Kier alpha value is -2.62. The summed E-state index contributed by atoms with van der Waals surface area (Å²) in [6, 6.07) is 14.6. The van der Waals surface area contributed by atoms with Gasteiger partial charge in [-0.05, 0) is 37.3 Å². The zero-order chi connectivity index (χ0) is 13.2. The largest absolute Gasteiger partial charge is 0.508 e. The summed E-state index contributed by atoms with van der Waals surface area (Å²) in [5, 5.41) is 13.2. The Morgan fingerprint density at radius 3 is 2.53 bits per heavy atom. The Balaban J connectivity index is 1.97. The number of phenols is 1. The van der Waals surface area contributed by atoms with E-state index in [9.17, 15) is 5.11 Å². The lowest BCUT2D eigenvalue weighted by Gasteiger charge is -1.95. The fourth-order valence-corrected chi connectivity index (χ4v) is 1.85. The molecule has 0 unspecified atom stereocenters. The van der Waals surface area contributed by atoms with Crippen molar-refractivity contribution in [2.45, 2.75) is 6.92 Å². The quantitative estimate of drug-likeness (QED) is 0.759. The first kappa shape index (κ1) is 11.5. The van der Waals surface area contributed by atoms with E-state index in [2.05, 4.69) is 10.1 Å². The topological polar surface area (TPSA) is 59.2 Å². The van der Waals surface area contributed by atoms with E-state index in [0.29, 0.717) is 11.7 Å². The predicted octanol–water partition coefficient (Wildman–Crippen LogP) is 3.42. The molecule has 0 aliphatic heterocycles. The van der Waals surface area contributed by atoms with Gasteiger partial charge in [0, 0.05) is 11.1 Å². The van der Waals surface area contributed by atoms with Crippen LogP contribution in [0.25, 0.3) is 22.8 Å². The molecule has 4 heteroatoms. The van der Waals surface area contributed by atoms with E-state index >= 15 is 0 Å². The summed E-state index contributed by atoms with van der Waals surface area (Å²) in [5.74, 6) is 1.21. The van der Waals surface area contributed by atoms with Gasteiger partial charge in [0.15, 0.2) is 0 Å². The fraction of sp³-hybridized carbons (Fsp3) is 0.0667. The fourth-order valence-electron chi connectivity index (χ4n) is 1.85. The van der Waals surface area contributed by atoms with Gasteiger partial charge in [-0.3, -0.25) is 0 Å². The van der Waals surface area contributed by atoms with Crippen molar-refractivity contribution in [3.05, 3.63) is 54.1 Å². The van der Waals surface area contributed by atoms with Crippen LogP contribution in [0.5, 0.6) is 5.75 Å². The van der Waals surface area contributed by atoms with Crippen molar-refractivity contribution >= 4 is 0 Å². The van der Waals surface area contributed by atoms with Gasteiger partial charge in [-0.2, -0.15) is 4.98 Å². The lowest BCUT2D eigenvalue weighted by Crippen LogP contribution is -1.82. The van der Waals surface area contributed by atoms with Crippen LogP contribution in [0.15, 0.2) is 53.1 Å². The van der Waals surface area contributed by atoms with Crippen LogP contribution in [-0.4, -0.2) is 15.2 Å². The van der Waals surface area contributed by atoms with Crippen LogP contribution < -0.4 is 0 Å². The molecular formula is C15H12N2O2. The zero-order valence-electron chi connectivity index (χ0n) is 10.4. The monoisotopic (exact) mass is 252 g/mol. The Morgan fingerprint density at radius 2 is 1.79 bits per heavy atom. The second-order valence-electron chi connectivity index (χ2n) is 4.34. The standard InChI is InChI=1S/C15H12N2O2/c1-10-3-2-4-12(9-10)14-16-15(19-17-14)11-5-7-13(18)8-6-11/h2-9,18H,1H3. The van der Waals surface area contributed by atoms with Gasteiger partial charge in [0.25, 0.3) is 5.89 Å². The molecule has 1 heterocycles. The second kappa shape index (κ2) is 4.57. The van der Waals surface area contributed by atoms with Gasteiger partial charge < -0.3 is 9.63 Å². The van der Waals surface area contributed by atoms with Crippen LogP contribution >= 0.6 is 0 Å². The first-order valence-electron chi connectivity index (χ1n) is 5.92. The average molecular weight is 252 g/mol. The Labute approximate surface area is 110 Å². The summed E-state index contributed by atoms with van der Waals surface area (Å²) in [6.45, 7) is 2.02. The SMILES string of the molecule is Cc1cccc(-c2noc(-c3ccc(O)cc3)n2)c1. The second-order valence-corrected chi connectivity index (χ2v) is 4.34. The summed E-state index contributed by atoms with van der Waals surface area (Å²) < 4.78 is 5.24. The molecule has 0 atom stereocenters. The molecule has 0 spiro atoms. The molecule has 1 N–H and O–H groups in total. The first-order valence-corrected chi connectivity index (χ1v) is 5.92. The number of hydrogen-bond donors (Lipinski definition) is 1. The van der Waals surface area contributed by atoms with E-state index < -0.39 is 0 Å². The van der Waals surface area contributed by atoms with Gasteiger partial charge in [0.05, 0.1) is 0 Å². The van der Waals surface area contributed by atoms with Gasteiger partial charge in [0.1, 0.15) is 5.75 Å². The number of phenolic OH excluding ortho intramolecular Hbond substituents is 1. The van der Waals surface area contributed by atoms with Crippen LogP contribution in [0.4, 0.5) is 0 Å². The maximum Gasteiger partial charge on any atom is 0.258 e. The molecule has 0 aliphatic rings. The van der Waals surface area contributed by atoms with Crippen molar-refractivity contribution in [2.24, 2.45) is 0 Å². The van der Waals surface area contributed by atoms with E-state index in [0.717, 1.165) is 16.7 Å². The molecule has 19 heavy (non-hydrogen) atoms. The van der Waals surface area contributed by atoms with Crippen LogP contribution in [0.3, 0.4) is 0 Å². The minimum atomic E-state index is 0.210. The maximum absolute atomic E-state index is 9.25. The molecule has 0 radical (unpaired) electrons. The average Bonchev–Trinajstić information content (AvgIpc) is 2.89. The third-order valence-corrected chi connectivity index (χ3v) is 2.82. The summed E-state index contributed by atoms with van der Waals surface area (Å²) in [4.78, 5) is 4.36. The minimum absolute atomic E-state index is 0.210. The van der Waals surface area contributed by atoms with Crippen LogP contribution in [0.2, 0.25) is 0 Å². The number of benzene rings is 2. The number of hydrogen-bond acceptors (Lipinski definition) is 4. The molecule has 0 aliphatic carbocycles. The highest BCUT2D eigenvalue weighted by atomic mass is 16.5. The van der Waals surface area contributed by atoms with Crippen molar-refractivity contribution < 1.29 is 9.63 Å². The molecule has 0 fully saturated rings. The molecule has 0 saturated heterocycles. The summed E-state index contributed by atoms with van der Waals surface area (Å²) in [5.41, 5.74) is 2.85. The molecule has 0 amide bonds. The van der Waals surface area contributed by atoms with Crippen molar-refractivity contribution in [1.82, 2.24) is 10.1 Å². The summed E-state index contributed by atoms with van der Waals surface area (Å²) >= 11 is 0. The first-order chi connectivity index (χ1) is 9.22. The van der Waals surface area contributed by atoms with Gasteiger partial charge in [-0.25, -0.2) is 0 Å². The highest BCUT2D eigenvalue weighted by molar-refractivity contribution is 5.60. The molecule has 94 valence electrons. The van der Waals surface area contributed by atoms with Crippen molar-refractivity contribution in [3.63, 3.8) is 0 Å². The molecule has 3 rings (SSSR count). The number of aromatic hydroxyl groups is 1. The molecule has 3 aromatic rings. The van der Waals surface area contributed by atoms with E-state index in [1.807, 2.05) is 31.2 Å². The lowest BCUT2D eigenvalue weighted by atomic mass is 10.1. The summed E-state index contributed by atoms with van der Waals surface area (Å²) in [6.07, 6.45) is 0. The number of nitrogens with zero attached hydrogens (tertiary/aromatic N) is 2. The van der Waals surface area contributed by atoms with Crippen molar-refractivity contribution in [3.8, 4) is 28.6 Å². The molecule has 0 bridgehead atoms. The minimum Gasteiger partial charge on any atom is -0.508 e. The predicted molar refractivity (Wildman–Crippen MR) is 71.6 cm³/mol. The van der Waals surface area contributed by atoms with Crippen LogP contribution in [0.1, 0.15) is 5.56 Å². The molecule has 2 aromatic carbocycles. The smallest absolute Gasteiger partial charge is 0.258 e. The lowest BCUT2D eigenvalue weighted by molar-refractivity contribution is 0.432. The van der Waals surface area contributed by atoms with E-state index in [1.54, 1.807) is 24.3 Å². The zero-order valence-corrected chi connectivity index (χ0v) is 10.4. The van der Waals surface area contributed by atoms with Crippen LogP contribution in [0, 0.1) is 6.92 Å². The van der Waals surface area contributed by atoms with Gasteiger partial charge in [-0.1, -0.05) is 28.9 Å². The molecule has 1 aromatic heterocycles.